The maximum atomic E-state index is 9.63. The van der Waals surface area contributed by atoms with E-state index in [-0.39, 0.29) is 0 Å². The van der Waals surface area contributed by atoms with E-state index >= 15 is 0 Å². The van der Waals surface area contributed by atoms with Crippen LogP contribution < -0.4 is 0 Å². The summed E-state index contributed by atoms with van der Waals surface area (Å²) < 4.78 is 0. The van der Waals surface area contributed by atoms with Gasteiger partial charge in [0.25, 0.3) is 0 Å². The topological polar surface area (TPSA) is 40.5 Å². The third kappa shape index (κ3) is 4.52. The fraction of sp³-hybridized carbons (Fsp3) is 0.800. The van der Waals surface area contributed by atoms with Crippen molar-refractivity contribution in [3.8, 4) is 0 Å². The van der Waals surface area contributed by atoms with E-state index in [4.69, 9.17) is 0 Å². The second-order valence-electron chi connectivity index (χ2n) is 3.85. The minimum atomic E-state index is -0.952. The molecular formula is C10H20O2. The van der Waals surface area contributed by atoms with Crippen LogP contribution >= 0.6 is 0 Å². The van der Waals surface area contributed by atoms with Crippen LogP contribution in [-0.2, 0) is 0 Å². The monoisotopic (exact) mass is 172 g/mol. The average molecular weight is 172 g/mol. The molecule has 2 atom stereocenters. The zero-order valence-corrected chi connectivity index (χ0v) is 8.46. The van der Waals surface area contributed by atoms with Gasteiger partial charge in [-0.2, -0.15) is 0 Å². The van der Waals surface area contributed by atoms with Crippen LogP contribution in [0.1, 0.15) is 40.5 Å². The quantitative estimate of drug-likeness (QED) is 0.635. The Morgan fingerprint density at radius 3 is 2.33 bits per heavy atom. The van der Waals surface area contributed by atoms with Gasteiger partial charge in [-0.3, -0.25) is 0 Å². The van der Waals surface area contributed by atoms with Gasteiger partial charge in [-0.05, 0) is 40.5 Å². The van der Waals surface area contributed by atoms with Crippen LogP contribution in [0.25, 0.3) is 0 Å². The van der Waals surface area contributed by atoms with Crippen LogP contribution in [0.3, 0.4) is 0 Å². The molecule has 0 rings (SSSR count). The standard InChI is InChI=1S/C10H20O2/c1-8(2)6-5-7-10(4,12)9(3)11/h6,9,11-12H,5,7H2,1-4H3/t9?,10-/m1/s1. The lowest BCUT2D eigenvalue weighted by molar-refractivity contribution is -0.0567. The van der Waals surface area contributed by atoms with E-state index in [1.54, 1.807) is 13.8 Å². The lowest BCUT2D eigenvalue weighted by Gasteiger charge is -2.25. The molecule has 0 bridgehead atoms. The molecule has 0 spiro atoms. The Morgan fingerprint density at radius 2 is 2.00 bits per heavy atom. The summed E-state index contributed by atoms with van der Waals surface area (Å²) in [5.74, 6) is 0. The van der Waals surface area contributed by atoms with Crippen molar-refractivity contribution in [3.63, 3.8) is 0 Å². The van der Waals surface area contributed by atoms with Gasteiger partial charge in [-0.15, -0.1) is 0 Å². The van der Waals surface area contributed by atoms with Crippen molar-refractivity contribution in [2.75, 3.05) is 0 Å². The van der Waals surface area contributed by atoms with E-state index < -0.39 is 11.7 Å². The molecule has 0 aliphatic carbocycles. The zero-order valence-electron chi connectivity index (χ0n) is 8.46. The summed E-state index contributed by atoms with van der Waals surface area (Å²) >= 11 is 0. The smallest absolute Gasteiger partial charge is 0.0877 e. The van der Waals surface area contributed by atoms with Crippen molar-refractivity contribution < 1.29 is 10.2 Å². The molecule has 0 radical (unpaired) electrons. The highest BCUT2D eigenvalue weighted by molar-refractivity contribution is 4.94. The fourth-order valence-electron chi connectivity index (χ4n) is 0.862. The van der Waals surface area contributed by atoms with Gasteiger partial charge in [-0.1, -0.05) is 11.6 Å². The molecule has 0 amide bonds. The van der Waals surface area contributed by atoms with Crippen molar-refractivity contribution in [2.24, 2.45) is 0 Å². The predicted molar refractivity (Wildman–Crippen MR) is 51.0 cm³/mol. The molecule has 2 heteroatoms. The first-order valence-corrected chi connectivity index (χ1v) is 4.40. The molecular weight excluding hydrogens is 152 g/mol. The maximum Gasteiger partial charge on any atom is 0.0877 e. The fourth-order valence-corrected chi connectivity index (χ4v) is 0.862. The number of rotatable bonds is 4. The third-order valence-corrected chi connectivity index (χ3v) is 2.10. The third-order valence-electron chi connectivity index (χ3n) is 2.10. The Labute approximate surface area is 74.9 Å². The van der Waals surface area contributed by atoms with E-state index in [9.17, 15) is 10.2 Å². The molecule has 0 aromatic rings. The molecule has 0 aliphatic heterocycles. The molecule has 1 unspecified atom stereocenters. The Bertz CT molecular complexity index is 153. The highest BCUT2D eigenvalue weighted by Gasteiger charge is 2.25. The lowest BCUT2D eigenvalue weighted by atomic mass is 9.94. The number of aliphatic hydroxyl groups excluding tert-OH is 1. The number of hydrogen-bond donors (Lipinski definition) is 2. The molecule has 72 valence electrons. The normalized spacial score (nSPS) is 18.2. The summed E-state index contributed by atoms with van der Waals surface area (Å²) in [7, 11) is 0. The van der Waals surface area contributed by atoms with Crippen molar-refractivity contribution in [1.82, 2.24) is 0 Å². The summed E-state index contributed by atoms with van der Waals surface area (Å²) in [6.07, 6.45) is 2.83. The van der Waals surface area contributed by atoms with Gasteiger partial charge in [0, 0.05) is 0 Å². The molecule has 2 N–H and O–H groups in total. The molecule has 0 aromatic carbocycles. The van der Waals surface area contributed by atoms with Crippen molar-refractivity contribution in [2.45, 2.75) is 52.2 Å². The second kappa shape index (κ2) is 4.63. The zero-order chi connectivity index (χ0) is 9.78. The Kier molecular flexibility index (Phi) is 4.50. The van der Waals surface area contributed by atoms with E-state index in [0.29, 0.717) is 6.42 Å². The van der Waals surface area contributed by atoms with Crippen LogP contribution in [-0.4, -0.2) is 21.9 Å². The summed E-state index contributed by atoms with van der Waals surface area (Å²) in [4.78, 5) is 0. The van der Waals surface area contributed by atoms with Gasteiger partial charge in [0.05, 0.1) is 11.7 Å². The number of hydrogen-bond acceptors (Lipinski definition) is 2. The maximum absolute atomic E-state index is 9.63. The SMILES string of the molecule is CC(C)=CCC[C@@](C)(O)C(C)O. The van der Waals surface area contributed by atoms with Crippen molar-refractivity contribution in [3.05, 3.63) is 11.6 Å². The van der Waals surface area contributed by atoms with E-state index in [2.05, 4.69) is 6.08 Å². The highest BCUT2D eigenvalue weighted by Crippen LogP contribution is 2.17. The van der Waals surface area contributed by atoms with Crippen molar-refractivity contribution in [1.29, 1.82) is 0 Å². The predicted octanol–water partition coefficient (Wildman–Crippen LogP) is 1.86. The van der Waals surface area contributed by atoms with Crippen LogP contribution in [0.15, 0.2) is 11.6 Å². The van der Waals surface area contributed by atoms with Crippen LogP contribution in [0.2, 0.25) is 0 Å². The van der Waals surface area contributed by atoms with Gasteiger partial charge in [0.15, 0.2) is 0 Å². The first-order valence-electron chi connectivity index (χ1n) is 4.40. The first-order chi connectivity index (χ1) is 5.36. The first kappa shape index (κ1) is 11.7. The van der Waals surface area contributed by atoms with Crippen LogP contribution in [0.5, 0.6) is 0 Å². The minimum absolute atomic E-state index is 0.607. The second-order valence-corrected chi connectivity index (χ2v) is 3.85. The summed E-state index contributed by atoms with van der Waals surface area (Å²) in [5.41, 5.74) is 0.294. The van der Waals surface area contributed by atoms with Crippen LogP contribution in [0.4, 0.5) is 0 Å². The number of aliphatic hydroxyl groups is 2. The van der Waals surface area contributed by atoms with E-state index in [1.807, 2.05) is 13.8 Å². The van der Waals surface area contributed by atoms with E-state index in [1.165, 1.54) is 5.57 Å². The Balaban J connectivity index is 3.84. The minimum Gasteiger partial charge on any atom is -0.390 e. The Morgan fingerprint density at radius 1 is 1.50 bits per heavy atom. The summed E-state index contributed by atoms with van der Waals surface area (Å²) in [6, 6.07) is 0. The van der Waals surface area contributed by atoms with E-state index in [0.717, 1.165) is 6.42 Å². The molecule has 0 aromatic heterocycles. The lowest BCUT2D eigenvalue weighted by Crippen LogP contribution is -2.36. The molecule has 2 nitrogen and oxygen atoms in total. The highest BCUT2D eigenvalue weighted by atomic mass is 16.3. The van der Waals surface area contributed by atoms with Gasteiger partial charge in [0.2, 0.25) is 0 Å². The average Bonchev–Trinajstić information content (AvgIpc) is 1.85. The summed E-state index contributed by atoms with van der Waals surface area (Å²) in [5, 5.41) is 18.8. The molecule has 0 saturated heterocycles. The Hall–Kier alpha value is -0.340. The van der Waals surface area contributed by atoms with Gasteiger partial charge < -0.3 is 10.2 Å². The van der Waals surface area contributed by atoms with Crippen LogP contribution in [0, 0.1) is 0 Å². The molecule has 0 saturated carbocycles. The van der Waals surface area contributed by atoms with Crippen molar-refractivity contribution >= 4 is 0 Å². The number of allylic oxidation sites excluding steroid dienone is 2. The largest absolute Gasteiger partial charge is 0.390 e. The molecule has 0 fully saturated rings. The molecule has 0 heterocycles. The molecule has 0 aliphatic rings. The summed E-state index contributed by atoms with van der Waals surface area (Å²) in [6.45, 7) is 7.33. The van der Waals surface area contributed by atoms with Gasteiger partial charge in [-0.25, -0.2) is 0 Å². The van der Waals surface area contributed by atoms with Gasteiger partial charge >= 0.3 is 0 Å². The molecule has 12 heavy (non-hydrogen) atoms. The van der Waals surface area contributed by atoms with Gasteiger partial charge in [0.1, 0.15) is 0 Å².